The topological polar surface area (TPSA) is 78.6 Å². The second-order valence-corrected chi connectivity index (χ2v) is 5.82. The van der Waals surface area contributed by atoms with Crippen LogP contribution in [0.25, 0.3) is 0 Å². The van der Waals surface area contributed by atoms with E-state index in [1.54, 1.807) is 24.3 Å². The van der Waals surface area contributed by atoms with Crippen molar-refractivity contribution in [3.63, 3.8) is 0 Å². The molecule has 0 aromatic heterocycles. The molecule has 1 aromatic carbocycles. The number of nitrogens with zero attached hydrogens (tertiary/aromatic N) is 1. The Bertz CT molecular complexity index is 461. The number of anilines is 2. The summed E-state index contributed by atoms with van der Waals surface area (Å²) >= 11 is 0. The molecule has 1 heterocycles. The van der Waals surface area contributed by atoms with Crippen LogP contribution < -0.4 is 11.1 Å². The number of nitrogens with two attached hydrogens (primary N) is 1. The molecule has 0 bridgehead atoms. The Labute approximate surface area is 119 Å². The quantitative estimate of drug-likeness (QED) is 0.731. The van der Waals surface area contributed by atoms with Crippen molar-refractivity contribution >= 4 is 17.3 Å². The van der Waals surface area contributed by atoms with Gasteiger partial charge in [0.2, 0.25) is 5.91 Å². The van der Waals surface area contributed by atoms with Gasteiger partial charge in [-0.3, -0.25) is 9.69 Å². The lowest BCUT2D eigenvalue weighted by molar-refractivity contribution is -0.122. The van der Waals surface area contributed by atoms with Crippen LogP contribution in [0.3, 0.4) is 0 Å². The molecule has 1 unspecified atom stereocenters. The maximum atomic E-state index is 12.2. The molecule has 1 saturated heterocycles. The van der Waals surface area contributed by atoms with Crippen molar-refractivity contribution in [1.29, 1.82) is 0 Å². The summed E-state index contributed by atoms with van der Waals surface area (Å²) in [6, 6.07) is 6.90. The Morgan fingerprint density at radius 3 is 2.45 bits per heavy atom. The second kappa shape index (κ2) is 5.81. The van der Waals surface area contributed by atoms with Gasteiger partial charge in [-0.1, -0.05) is 0 Å². The smallest absolute Gasteiger partial charge is 0.241 e. The van der Waals surface area contributed by atoms with Crippen LogP contribution in [0.15, 0.2) is 24.3 Å². The molecular weight excluding hydrogens is 254 g/mol. The number of nitrogens with one attached hydrogen (secondary N) is 1. The fourth-order valence-electron chi connectivity index (χ4n) is 2.37. The zero-order valence-electron chi connectivity index (χ0n) is 12.1. The molecule has 1 aromatic rings. The van der Waals surface area contributed by atoms with Gasteiger partial charge in [0, 0.05) is 24.5 Å². The summed E-state index contributed by atoms with van der Waals surface area (Å²) in [5.74, 6) is -0.0312. The molecule has 4 N–H and O–H groups in total. The van der Waals surface area contributed by atoms with Gasteiger partial charge in [-0.2, -0.15) is 0 Å². The summed E-state index contributed by atoms with van der Waals surface area (Å²) in [5, 5.41) is 12.8. The summed E-state index contributed by atoms with van der Waals surface area (Å²) < 4.78 is 0. The summed E-state index contributed by atoms with van der Waals surface area (Å²) in [6.07, 6.45) is 1.40. The van der Waals surface area contributed by atoms with E-state index in [0.29, 0.717) is 18.5 Å². The van der Waals surface area contributed by atoms with Crippen LogP contribution in [0, 0.1) is 0 Å². The Hall–Kier alpha value is -1.59. The Balaban J connectivity index is 1.90. The largest absolute Gasteiger partial charge is 0.399 e. The lowest BCUT2D eigenvalue weighted by atomic mass is 9.93. The molecule has 1 aliphatic rings. The highest BCUT2D eigenvalue weighted by atomic mass is 16.3. The van der Waals surface area contributed by atoms with Crippen LogP contribution in [-0.4, -0.2) is 40.6 Å². The van der Waals surface area contributed by atoms with Gasteiger partial charge >= 0.3 is 0 Å². The van der Waals surface area contributed by atoms with Gasteiger partial charge in [0.05, 0.1) is 11.6 Å². The number of benzene rings is 1. The number of piperidine rings is 1. The monoisotopic (exact) mass is 277 g/mol. The lowest BCUT2D eigenvalue weighted by Gasteiger charge is -2.38. The molecule has 1 fully saturated rings. The first kappa shape index (κ1) is 14.8. The normalized spacial score (nSPS) is 20.4. The SMILES string of the molecule is CC(C(=O)Nc1ccc(N)cc1)N1CCC(C)(O)CC1. The molecule has 0 spiro atoms. The van der Waals surface area contributed by atoms with Crippen LogP contribution >= 0.6 is 0 Å². The Morgan fingerprint density at radius 1 is 1.35 bits per heavy atom. The van der Waals surface area contributed by atoms with E-state index in [1.165, 1.54) is 0 Å². The number of carbonyl (C=O) groups is 1. The van der Waals surface area contributed by atoms with Gasteiger partial charge in [-0.05, 0) is 51.0 Å². The van der Waals surface area contributed by atoms with Crippen LogP contribution in [0.4, 0.5) is 11.4 Å². The number of aliphatic hydroxyl groups is 1. The summed E-state index contributed by atoms with van der Waals surface area (Å²) in [7, 11) is 0. The third-order valence-corrected chi connectivity index (χ3v) is 3.98. The summed E-state index contributed by atoms with van der Waals surface area (Å²) in [5.41, 5.74) is 6.45. The maximum Gasteiger partial charge on any atom is 0.241 e. The predicted molar refractivity (Wildman–Crippen MR) is 80.4 cm³/mol. The minimum absolute atomic E-state index is 0.0312. The molecular formula is C15H23N3O2. The van der Waals surface area contributed by atoms with Crippen molar-refractivity contribution < 1.29 is 9.90 Å². The molecule has 20 heavy (non-hydrogen) atoms. The maximum absolute atomic E-state index is 12.2. The number of hydrogen-bond acceptors (Lipinski definition) is 4. The van der Waals surface area contributed by atoms with E-state index in [4.69, 9.17) is 5.73 Å². The van der Waals surface area contributed by atoms with E-state index < -0.39 is 5.60 Å². The van der Waals surface area contributed by atoms with Crippen molar-refractivity contribution in [2.24, 2.45) is 0 Å². The van der Waals surface area contributed by atoms with E-state index >= 15 is 0 Å². The minimum atomic E-state index is -0.594. The number of nitrogen functional groups attached to an aromatic ring is 1. The Morgan fingerprint density at radius 2 is 1.90 bits per heavy atom. The molecule has 110 valence electrons. The summed E-state index contributed by atoms with van der Waals surface area (Å²) in [6.45, 7) is 5.22. The first-order valence-corrected chi connectivity index (χ1v) is 7.00. The highest BCUT2D eigenvalue weighted by molar-refractivity contribution is 5.94. The molecule has 1 atom stereocenters. The van der Waals surface area contributed by atoms with Crippen molar-refractivity contribution in [2.75, 3.05) is 24.1 Å². The van der Waals surface area contributed by atoms with Gasteiger partial charge in [0.15, 0.2) is 0 Å². The first-order valence-electron chi connectivity index (χ1n) is 7.00. The molecule has 0 aliphatic carbocycles. The van der Waals surface area contributed by atoms with Crippen LogP contribution in [0.5, 0.6) is 0 Å². The van der Waals surface area contributed by atoms with Crippen molar-refractivity contribution in [3.8, 4) is 0 Å². The van der Waals surface area contributed by atoms with Gasteiger partial charge in [0.25, 0.3) is 0 Å². The molecule has 0 radical (unpaired) electrons. The molecule has 5 nitrogen and oxygen atoms in total. The van der Waals surface area contributed by atoms with Crippen LogP contribution in [0.2, 0.25) is 0 Å². The number of amides is 1. The first-order chi connectivity index (χ1) is 9.37. The van der Waals surface area contributed by atoms with E-state index in [9.17, 15) is 9.90 Å². The summed E-state index contributed by atoms with van der Waals surface area (Å²) in [4.78, 5) is 14.3. The molecule has 1 aliphatic heterocycles. The number of hydrogen-bond donors (Lipinski definition) is 3. The number of carbonyl (C=O) groups excluding carboxylic acids is 1. The zero-order chi connectivity index (χ0) is 14.8. The van der Waals surface area contributed by atoms with Crippen molar-refractivity contribution in [2.45, 2.75) is 38.3 Å². The third kappa shape index (κ3) is 3.71. The zero-order valence-corrected chi connectivity index (χ0v) is 12.1. The second-order valence-electron chi connectivity index (χ2n) is 5.82. The molecule has 0 saturated carbocycles. The Kier molecular flexibility index (Phi) is 4.30. The average Bonchev–Trinajstić information content (AvgIpc) is 2.40. The average molecular weight is 277 g/mol. The van der Waals surface area contributed by atoms with E-state index in [0.717, 1.165) is 18.8 Å². The number of likely N-dealkylation sites (tertiary alicyclic amines) is 1. The molecule has 5 heteroatoms. The van der Waals surface area contributed by atoms with Gasteiger partial charge in [0.1, 0.15) is 0 Å². The fourth-order valence-corrected chi connectivity index (χ4v) is 2.37. The van der Waals surface area contributed by atoms with Gasteiger partial charge in [-0.25, -0.2) is 0 Å². The van der Waals surface area contributed by atoms with E-state index in [2.05, 4.69) is 10.2 Å². The van der Waals surface area contributed by atoms with Crippen LogP contribution in [0.1, 0.15) is 26.7 Å². The fraction of sp³-hybridized carbons (Fsp3) is 0.533. The standard InChI is InChI=1S/C15H23N3O2/c1-11(18-9-7-15(2,20)8-10-18)14(19)17-13-5-3-12(16)4-6-13/h3-6,11,20H,7-10,16H2,1-2H3,(H,17,19). The third-order valence-electron chi connectivity index (χ3n) is 3.98. The van der Waals surface area contributed by atoms with E-state index in [1.807, 2.05) is 13.8 Å². The number of rotatable bonds is 3. The minimum Gasteiger partial charge on any atom is -0.399 e. The highest BCUT2D eigenvalue weighted by Gasteiger charge is 2.31. The highest BCUT2D eigenvalue weighted by Crippen LogP contribution is 2.23. The molecule has 2 rings (SSSR count). The van der Waals surface area contributed by atoms with Gasteiger partial charge in [-0.15, -0.1) is 0 Å². The lowest BCUT2D eigenvalue weighted by Crippen LogP contribution is -2.49. The van der Waals surface area contributed by atoms with Gasteiger partial charge < -0.3 is 16.2 Å². The van der Waals surface area contributed by atoms with Crippen molar-refractivity contribution in [1.82, 2.24) is 4.90 Å². The van der Waals surface area contributed by atoms with Crippen molar-refractivity contribution in [3.05, 3.63) is 24.3 Å². The van der Waals surface area contributed by atoms with Crippen LogP contribution in [-0.2, 0) is 4.79 Å². The van der Waals surface area contributed by atoms with E-state index in [-0.39, 0.29) is 11.9 Å². The molecule has 1 amide bonds. The predicted octanol–water partition coefficient (Wildman–Crippen LogP) is 1.44.